The zero-order valence-electron chi connectivity index (χ0n) is 10.7. The molecule has 0 unspecified atom stereocenters. The van der Waals surface area contributed by atoms with Crippen molar-refractivity contribution in [3.63, 3.8) is 0 Å². The molecule has 96 valence electrons. The highest BCUT2D eigenvalue weighted by molar-refractivity contribution is 5.92. The Morgan fingerprint density at radius 1 is 1.33 bits per heavy atom. The summed E-state index contributed by atoms with van der Waals surface area (Å²) >= 11 is 0. The first-order chi connectivity index (χ1) is 8.40. The van der Waals surface area contributed by atoms with E-state index in [-0.39, 0.29) is 6.61 Å². The maximum Gasteiger partial charge on any atom is 0.348 e. The number of hydrogen-bond donors (Lipinski definition) is 0. The number of cyclic esters (lactones) is 1. The fourth-order valence-electron chi connectivity index (χ4n) is 1.80. The Morgan fingerprint density at radius 2 is 1.94 bits per heavy atom. The Labute approximate surface area is 106 Å². The lowest BCUT2D eigenvalue weighted by atomic mass is 9.90. The van der Waals surface area contributed by atoms with Gasteiger partial charge < -0.3 is 9.47 Å². The molecular weight excluding hydrogens is 232 g/mol. The van der Waals surface area contributed by atoms with Crippen molar-refractivity contribution in [1.29, 1.82) is 0 Å². The molecule has 1 fully saturated rings. The number of ether oxygens (including phenoxy) is 2. The van der Waals surface area contributed by atoms with Gasteiger partial charge in [0.1, 0.15) is 6.61 Å². The second-order valence-electron chi connectivity index (χ2n) is 5.25. The number of hydrogen-bond acceptors (Lipinski definition) is 4. The number of carbonyl (C=O) groups is 2. The molecular formula is C14H16O4. The smallest absolute Gasteiger partial charge is 0.348 e. The van der Waals surface area contributed by atoms with Crippen LogP contribution >= 0.6 is 0 Å². The summed E-state index contributed by atoms with van der Waals surface area (Å²) in [6.07, 6.45) is -0.827. The molecule has 18 heavy (non-hydrogen) atoms. The summed E-state index contributed by atoms with van der Waals surface area (Å²) in [5.41, 5.74) is 1.03. The Balaban J connectivity index is 2.12. The summed E-state index contributed by atoms with van der Waals surface area (Å²) in [5.74, 6) is -0.965. The minimum Gasteiger partial charge on any atom is -0.462 e. The number of rotatable bonds is 2. The Hall–Kier alpha value is -1.84. The maximum atomic E-state index is 11.9. The number of esters is 2. The van der Waals surface area contributed by atoms with Crippen molar-refractivity contribution in [3.05, 3.63) is 35.4 Å². The molecule has 0 amide bonds. The standard InChI is InChI=1S/C14H16O4/c1-9-4-6-10(7-5-9)12(15)18-11-13(16)17-8-14(11,2)3/h4-7,11H,8H2,1-3H3/t11-/m0/s1. The molecule has 0 aromatic heterocycles. The van der Waals surface area contributed by atoms with E-state index in [0.29, 0.717) is 5.56 Å². The topological polar surface area (TPSA) is 52.6 Å². The fraction of sp³-hybridized carbons (Fsp3) is 0.429. The highest BCUT2D eigenvalue weighted by Crippen LogP contribution is 2.31. The van der Waals surface area contributed by atoms with Crippen LogP contribution in [0.25, 0.3) is 0 Å². The third kappa shape index (κ3) is 2.37. The molecule has 1 aliphatic heterocycles. The zero-order chi connectivity index (χ0) is 13.3. The van der Waals surface area contributed by atoms with Gasteiger partial charge in [-0.25, -0.2) is 9.59 Å². The van der Waals surface area contributed by atoms with Gasteiger partial charge in [0.25, 0.3) is 0 Å². The lowest BCUT2D eigenvalue weighted by Crippen LogP contribution is -2.34. The van der Waals surface area contributed by atoms with Crippen molar-refractivity contribution in [2.75, 3.05) is 6.61 Å². The van der Waals surface area contributed by atoms with Gasteiger partial charge in [0.05, 0.1) is 5.56 Å². The van der Waals surface area contributed by atoms with Crippen LogP contribution in [0.5, 0.6) is 0 Å². The minimum absolute atomic E-state index is 0.275. The molecule has 0 aliphatic carbocycles. The molecule has 0 N–H and O–H groups in total. The van der Waals surface area contributed by atoms with Crippen LogP contribution in [-0.4, -0.2) is 24.6 Å². The van der Waals surface area contributed by atoms with Gasteiger partial charge in [0, 0.05) is 5.41 Å². The molecule has 1 heterocycles. The summed E-state index contributed by atoms with van der Waals surface area (Å²) in [5, 5.41) is 0. The first-order valence-corrected chi connectivity index (χ1v) is 5.84. The van der Waals surface area contributed by atoms with Crippen LogP contribution < -0.4 is 0 Å². The summed E-state index contributed by atoms with van der Waals surface area (Å²) in [7, 11) is 0. The van der Waals surface area contributed by atoms with E-state index in [4.69, 9.17) is 9.47 Å². The van der Waals surface area contributed by atoms with E-state index in [9.17, 15) is 9.59 Å². The van der Waals surface area contributed by atoms with Gasteiger partial charge in [-0.1, -0.05) is 31.5 Å². The third-order valence-corrected chi connectivity index (χ3v) is 3.02. The molecule has 4 heteroatoms. The second kappa shape index (κ2) is 4.44. The minimum atomic E-state index is -0.827. The quantitative estimate of drug-likeness (QED) is 0.752. The first kappa shape index (κ1) is 12.6. The second-order valence-corrected chi connectivity index (χ2v) is 5.25. The maximum absolute atomic E-state index is 11.9. The van der Waals surface area contributed by atoms with Crippen LogP contribution in [0.4, 0.5) is 0 Å². The average molecular weight is 248 g/mol. The molecule has 1 saturated heterocycles. The molecule has 1 aromatic carbocycles. The van der Waals surface area contributed by atoms with Crippen molar-refractivity contribution in [2.45, 2.75) is 26.9 Å². The molecule has 0 saturated carbocycles. The van der Waals surface area contributed by atoms with E-state index in [1.807, 2.05) is 32.9 Å². The summed E-state index contributed by atoms with van der Waals surface area (Å²) in [4.78, 5) is 23.4. The molecule has 1 atom stereocenters. The van der Waals surface area contributed by atoms with Crippen LogP contribution in [0.3, 0.4) is 0 Å². The van der Waals surface area contributed by atoms with Crippen LogP contribution in [-0.2, 0) is 14.3 Å². The van der Waals surface area contributed by atoms with Gasteiger partial charge >= 0.3 is 11.9 Å². The number of aryl methyl sites for hydroxylation is 1. The van der Waals surface area contributed by atoms with Gasteiger partial charge in [0.2, 0.25) is 6.10 Å². The van der Waals surface area contributed by atoms with E-state index >= 15 is 0 Å². The summed E-state index contributed by atoms with van der Waals surface area (Å²) in [6, 6.07) is 7.03. The van der Waals surface area contributed by atoms with Crippen LogP contribution in [0.1, 0.15) is 29.8 Å². The third-order valence-electron chi connectivity index (χ3n) is 3.02. The molecule has 1 aromatic rings. The Morgan fingerprint density at radius 3 is 2.44 bits per heavy atom. The predicted octanol–water partition coefficient (Wildman–Crippen LogP) is 2.10. The van der Waals surface area contributed by atoms with Gasteiger partial charge in [0.15, 0.2) is 0 Å². The lowest BCUT2D eigenvalue weighted by molar-refractivity contribution is -0.145. The number of benzene rings is 1. The van der Waals surface area contributed by atoms with Crippen LogP contribution in [0, 0.1) is 12.3 Å². The highest BCUT2D eigenvalue weighted by atomic mass is 16.6. The van der Waals surface area contributed by atoms with E-state index in [1.165, 1.54) is 0 Å². The van der Waals surface area contributed by atoms with Gasteiger partial charge in [-0.2, -0.15) is 0 Å². The Kier molecular flexibility index (Phi) is 3.11. The number of carbonyl (C=O) groups excluding carboxylic acids is 2. The van der Waals surface area contributed by atoms with Gasteiger partial charge in [-0.3, -0.25) is 0 Å². The molecule has 4 nitrogen and oxygen atoms in total. The molecule has 0 bridgehead atoms. The van der Waals surface area contributed by atoms with Crippen molar-refractivity contribution in [1.82, 2.24) is 0 Å². The molecule has 1 aliphatic rings. The summed E-state index contributed by atoms with van der Waals surface area (Å²) in [6.45, 7) is 5.89. The zero-order valence-corrected chi connectivity index (χ0v) is 10.7. The normalized spacial score (nSPS) is 21.5. The van der Waals surface area contributed by atoms with Crippen molar-refractivity contribution in [3.8, 4) is 0 Å². The monoisotopic (exact) mass is 248 g/mol. The van der Waals surface area contributed by atoms with Gasteiger partial charge in [-0.05, 0) is 19.1 Å². The van der Waals surface area contributed by atoms with E-state index in [2.05, 4.69) is 0 Å². The highest BCUT2D eigenvalue weighted by Gasteiger charge is 2.46. The van der Waals surface area contributed by atoms with Crippen LogP contribution in [0.2, 0.25) is 0 Å². The first-order valence-electron chi connectivity index (χ1n) is 5.84. The predicted molar refractivity (Wildman–Crippen MR) is 65.1 cm³/mol. The van der Waals surface area contributed by atoms with E-state index in [1.54, 1.807) is 12.1 Å². The van der Waals surface area contributed by atoms with Crippen molar-refractivity contribution >= 4 is 11.9 Å². The SMILES string of the molecule is Cc1ccc(C(=O)O[C@H]2C(=O)OCC2(C)C)cc1. The van der Waals surface area contributed by atoms with E-state index in [0.717, 1.165) is 5.56 Å². The summed E-state index contributed by atoms with van der Waals surface area (Å²) < 4.78 is 10.2. The lowest BCUT2D eigenvalue weighted by Gasteiger charge is -2.21. The fourth-order valence-corrected chi connectivity index (χ4v) is 1.80. The molecule has 0 spiro atoms. The van der Waals surface area contributed by atoms with E-state index < -0.39 is 23.5 Å². The molecule has 0 radical (unpaired) electrons. The van der Waals surface area contributed by atoms with Crippen molar-refractivity contribution < 1.29 is 19.1 Å². The molecule has 2 rings (SSSR count). The Bertz CT molecular complexity index is 473. The van der Waals surface area contributed by atoms with Crippen molar-refractivity contribution in [2.24, 2.45) is 5.41 Å². The van der Waals surface area contributed by atoms with Gasteiger partial charge in [-0.15, -0.1) is 0 Å². The van der Waals surface area contributed by atoms with Crippen LogP contribution in [0.15, 0.2) is 24.3 Å². The average Bonchev–Trinajstić information content (AvgIpc) is 2.57. The largest absolute Gasteiger partial charge is 0.462 e.